The number of pyridine rings is 1. The van der Waals surface area contributed by atoms with Crippen LogP contribution in [0, 0.1) is 5.92 Å². The minimum atomic E-state index is -2.17. The van der Waals surface area contributed by atoms with Gasteiger partial charge in [-0.2, -0.15) is 0 Å². The van der Waals surface area contributed by atoms with E-state index in [4.69, 9.17) is 15.2 Å². The Kier molecular flexibility index (Phi) is 4.41. The van der Waals surface area contributed by atoms with E-state index in [2.05, 4.69) is 20.9 Å². The molecule has 4 rings (SSSR count). The highest BCUT2D eigenvalue weighted by Gasteiger charge is 2.54. The fraction of sp³-hybridized carbons (Fsp3) is 0.500. The molecule has 3 heterocycles. The second kappa shape index (κ2) is 6.51. The monoisotopic (exact) mass is 441 g/mol. The maximum Gasteiger partial charge on any atom is 0.345 e. The topological polar surface area (TPSA) is 152 Å². The Morgan fingerprint density at radius 2 is 1.93 bits per heavy atom. The molecule has 5 unspecified atom stereocenters. The van der Waals surface area contributed by atoms with Crippen LogP contribution >= 0.6 is 15.9 Å². The van der Waals surface area contributed by atoms with Gasteiger partial charge in [-0.15, -0.1) is 0 Å². The van der Waals surface area contributed by atoms with E-state index in [1.165, 1.54) is 6.20 Å². The molecule has 3 aliphatic rings. The second-order valence-electron chi connectivity index (χ2n) is 6.75. The van der Waals surface area contributed by atoms with Crippen molar-refractivity contribution in [2.24, 2.45) is 11.7 Å². The first-order valence-electron chi connectivity index (χ1n) is 8.34. The highest BCUT2D eigenvalue weighted by molar-refractivity contribution is 9.10. The van der Waals surface area contributed by atoms with Crippen molar-refractivity contribution in [1.82, 2.24) is 9.88 Å². The summed E-state index contributed by atoms with van der Waals surface area (Å²) >= 11 is 3.15. The Morgan fingerprint density at radius 3 is 2.59 bits per heavy atom. The van der Waals surface area contributed by atoms with E-state index in [9.17, 15) is 24.6 Å². The Hall–Kier alpha value is -2.08. The first-order valence-corrected chi connectivity index (χ1v) is 9.13. The number of nitrogens with two attached hydrogens (primary N) is 1. The van der Waals surface area contributed by atoms with Gasteiger partial charge in [0, 0.05) is 24.8 Å². The zero-order valence-electron chi connectivity index (χ0n) is 13.9. The number of amides is 1. The second-order valence-corrected chi connectivity index (χ2v) is 7.60. The predicted octanol–water partition coefficient (Wildman–Crippen LogP) is -1.05. The van der Waals surface area contributed by atoms with Crippen LogP contribution in [0.25, 0.3) is 0 Å². The van der Waals surface area contributed by atoms with Gasteiger partial charge in [0.25, 0.3) is 5.91 Å². The van der Waals surface area contributed by atoms with Crippen molar-refractivity contribution in [2.75, 3.05) is 6.54 Å². The summed E-state index contributed by atoms with van der Waals surface area (Å²) in [6, 6.07) is -0.160. The van der Waals surface area contributed by atoms with Gasteiger partial charge in [-0.3, -0.25) is 4.79 Å². The number of esters is 2. The Balaban J connectivity index is 1.82. The van der Waals surface area contributed by atoms with E-state index < -0.39 is 35.9 Å². The molecule has 4 N–H and O–H groups in total. The third-order valence-corrected chi connectivity index (χ3v) is 5.63. The minimum absolute atomic E-state index is 0.0263. The van der Waals surface area contributed by atoms with Gasteiger partial charge in [0.05, 0.1) is 4.47 Å². The first-order chi connectivity index (χ1) is 12.8. The van der Waals surface area contributed by atoms with Crippen LogP contribution in [-0.4, -0.2) is 68.8 Å². The molecule has 1 aliphatic carbocycles. The number of hydrogen-bond donors (Lipinski definition) is 3. The van der Waals surface area contributed by atoms with Crippen molar-refractivity contribution in [1.29, 1.82) is 0 Å². The molecule has 1 saturated heterocycles. The molecule has 0 radical (unpaired) electrons. The molecule has 2 bridgehead atoms. The molecule has 11 heteroatoms. The van der Waals surface area contributed by atoms with Crippen LogP contribution in [0.2, 0.25) is 0 Å². The number of fused-ring (bicyclic) bond motifs is 3. The molecule has 1 aromatic rings. The van der Waals surface area contributed by atoms with Gasteiger partial charge >= 0.3 is 11.9 Å². The van der Waals surface area contributed by atoms with E-state index >= 15 is 0 Å². The van der Waals surface area contributed by atoms with Crippen LogP contribution in [0.3, 0.4) is 0 Å². The number of likely N-dealkylation sites (tertiary alicyclic amines) is 1. The van der Waals surface area contributed by atoms with E-state index in [1.54, 1.807) is 4.90 Å². The molecule has 2 fully saturated rings. The zero-order valence-corrected chi connectivity index (χ0v) is 15.5. The van der Waals surface area contributed by atoms with Gasteiger partial charge in [-0.05, 0) is 34.7 Å². The number of aromatic nitrogens is 1. The number of piperidine rings is 1. The molecular formula is C16H16BrN3O7. The molecule has 1 amide bonds. The molecule has 0 spiro atoms. The van der Waals surface area contributed by atoms with Crippen LogP contribution < -0.4 is 15.2 Å². The number of rotatable bonds is 2. The summed E-state index contributed by atoms with van der Waals surface area (Å²) in [6.45, 7) is 0.266. The standard InChI is InChI=1S/C16H16BrN3O7/c17-7-4-19-13-9(14(23)20-6(3-18)1-5-2-8(5)20)12(7)26-15(24)10(21)11(22)16(25)27-13/h4-6,8,10-11,21-22H,1-3,18H2. The molecule has 1 aromatic heterocycles. The van der Waals surface area contributed by atoms with Crippen molar-refractivity contribution in [3.05, 3.63) is 16.2 Å². The maximum atomic E-state index is 13.3. The molecule has 5 atom stereocenters. The molecule has 10 nitrogen and oxygen atoms in total. The SMILES string of the molecule is NCC1CC2CC2N1C(=O)c1c2ncc(Br)c1OC(=O)C(O)C(O)C(=O)O2. The highest BCUT2D eigenvalue weighted by Crippen LogP contribution is 2.49. The highest BCUT2D eigenvalue weighted by atomic mass is 79.9. The van der Waals surface area contributed by atoms with Crippen LogP contribution in [0.15, 0.2) is 10.7 Å². The molecular weight excluding hydrogens is 426 g/mol. The van der Waals surface area contributed by atoms with Crippen LogP contribution in [0.4, 0.5) is 0 Å². The normalized spacial score (nSPS) is 32.0. The summed E-state index contributed by atoms with van der Waals surface area (Å²) in [5.74, 6) is -3.44. The number of ether oxygens (including phenoxy) is 2. The van der Waals surface area contributed by atoms with Crippen molar-refractivity contribution < 1.29 is 34.1 Å². The van der Waals surface area contributed by atoms with Crippen molar-refractivity contribution in [3.8, 4) is 11.6 Å². The molecule has 0 aromatic carbocycles. The van der Waals surface area contributed by atoms with Gasteiger partial charge in [0.15, 0.2) is 18.0 Å². The molecule has 144 valence electrons. The lowest BCUT2D eigenvalue weighted by atomic mass is 10.1. The van der Waals surface area contributed by atoms with E-state index in [-0.39, 0.29) is 34.4 Å². The van der Waals surface area contributed by atoms with E-state index in [0.717, 1.165) is 12.8 Å². The van der Waals surface area contributed by atoms with Crippen LogP contribution in [0.5, 0.6) is 11.6 Å². The summed E-state index contributed by atoms with van der Waals surface area (Å²) in [5.41, 5.74) is 5.54. The fourth-order valence-electron chi connectivity index (χ4n) is 3.61. The smallest absolute Gasteiger partial charge is 0.345 e. The summed E-state index contributed by atoms with van der Waals surface area (Å²) < 4.78 is 10.3. The van der Waals surface area contributed by atoms with Crippen molar-refractivity contribution >= 4 is 33.8 Å². The van der Waals surface area contributed by atoms with Gasteiger partial charge in [0.1, 0.15) is 5.56 Å². The average Bonchev–Trinajstić information content (AvgIpc) is 3.31. The van der Waals surface area contributed by atoms with Gasteiger partial charge in [0.2, 0.25) is 5.88 Å². The van der Waals surface area contributed by atoms with E-state index in [0.29, 0.717) is 5.92 Å². The first kappa shape index (κ1) is 18.3. The van der Waals surface area contributed by atoms with Crippen LogP contribution in [0.1, 0.15) is 23.2 Å². The quantitative estimate of drug-likeness (QED) is 0.487. The Bertz CT molecular complexity index is 848. The number of carbonyl (C=O) groups excluding carboxylic acids is 3. The summed E-state index contributed by atoms with van der Waals surface area (Å²) in [5, 5.41) is 19.5. The zero-order chi connectivity index (χ0) is 19.5. The lowest BCUT2D eigenvalue weighted by Gasteiger charge is -2.27. The molecule has 27 heavy (non-hydrogen) atoms. The van der Waals surface area contributed by atoms with E-state index in [1.807, 2.05) is 0 Å². The predicted molar refractivity (Wildman–Crippen MR) is 90.7 cm³/mol. The number of aliphatic hydroxyl groups is 2. The average molecular weight is 442 g/mol. The fourth-order valence-corrected chi connectivity index (χ4v) is 3.99. The maximum absolute atomic E-state index is 13.3. The number of nitrogens with zero attached hydrogens (tertiary/aromatic N) is 2. The summed E-state index contributed by atoms with van der Waals surface area (Å²) in [6.07, 6.45) is -1.53. The number of halogens is 1. The number of hydrogen-bond acceptors (Lipinski definition) is 9. The summed E-state index contributed by atoms with van der Waals surface area (Å²) in [4.78, 5) is 42.9. The number of aliphatic hydroxyl groups excluding tert-OH is 2. The van der Waals surface area contributed by atoms with Crippen molar-refractivity contribution in [2.45, 2.75) is 37.1 Å². The third kappa shape index (κ3) is 2.90. The number of carbonyl (C=O) groups is 3. The van der Waals surface area contributed by atoms with Crippen molar-refractivity contribution in [3.63, 3.8) is 0 Å². The Morgan fingerprint density at radius 1 is 1.26 bits per heavy atom. The molecule has 1 saturated carbocycles. The van der Waals surface area contributed by atoms with Gasteiger partial charge < -0.3 is 30.3 Å². The lowest BCUT2D eigenvalue weighted by molar-refractivity contribution is -0.162. The van der Waals surface area contributed by atoms with Crippen LogP contribution in [-0.2, 0) is 9.59 Å². The summed E-state index contributed by atoms with van der Waals surface area (Å²) in [7, 11) is 0. The van der Waals surface area contributed by atoms with Gasteiger partial charge in [-0.25, -0.2) is 14.6 Å². The lowest BCUT2D eigenvalue weighted by Crippen LogP contribution is -2.43. The minimum Gasteiger partial charge on any atom is -0.422 e. The van der Waals surface area contributed by atoms with Gasteiger partial charge in [-0.1, -0.05) is 0 Å². The molecule has 2 aliphatic heterocycles. The largest absolute Gasteiger partial charge is 0.422 e. The third-order valence-electron chi connectivity index (χ3n) is 5.07. The Labute approximate surface area is 161 Å².